The summed E-state index contributed by atoms with van der Waals surface area (Å²) in [7, 11) is 0. The van der Waals surface area contributed by atoms with Gasteiger partial charge < -0.3 is 5.73 Å². The Kier molecular flexibility index (Phi) is 2.34. The molecule has 1 amide bonds. The van der Waals surface area contributed by atoms with Crippen LogP contribution in [0.2, 0.25) is 0 Å². The quantitative estimate of drug-likeness (QED) is 0.705. The van der Waals surface area contributed by atoms with Crippen LogP contribution in [0.3, 0.4) is 0 Å². The molecule has 0 saturated carbocycles. The predicted octanol–water partition coefficient (Wildman–Crippen LogP) is 2.43. The Balaban J connectivity index is 2.16. The monoisotopic (exact) mass is 236 g/mol. The van der Waals surface area contributed by atoms with Crippen LogP contribution in [0.4, 0.5) is 4.79 Å². The number of carbonyl (C=O) groups is 1. The van der Waals surface area contributed by atoms with Gasteiger partial charge in [0.1, 0.15) is 5.65 Å². The van der Waals surface area contributed by atoms with Crippen molar-refractivity contribution >= 4 is 17.1 Å². The molecule has 0 aliphatic carbocycles. The summed E-state index contributed by atoms with van der Waals surface area (Å²) in [5.41, 5.74) is 7.83. The maximum absolute atomic E-state index is 11.2. The number of nitrogens with zero attached hydrogens (tertiary/aromatic N) is 2. The van der Waals surface area contributed by atoms with Gasteiger partial charge >= 0.3 is 6.03 Å². The molecule has 0 unspecified atom stereocenters. The van der Waals surface area contributed by atoms with Crippen molar-refractivity contribution in [3.63, 3.8) is 0 Å². The van der Waals surface area contributed by atoms with E-state index in [0.717, 1.165) is 16.5 Å². The highest BCUT2D eigenvalue weighted by atomic mass is 16.2. The Morgan fingerprint density at radius 3 is 2.72 bits per heavy atom. The molecule has 2 aromatic heterocycles. The number of nitrogens with two attached hydrogens (primary N) is 1. The smallest absolute Gasteiger partial charge is 0.324 e. The molecule has 1 radical (unpaired) electrons. The molecule has 3 rings (SSSR count). The third-order valence-electron chi connectivity index (χ3n) is 2.79. The summed E-state index contributed by atoms with van der Waals surface area (Å²) in [5, 5.41) is 0.773. The molecule has 0 aliphatic heterocycles. The van der Waals surface area contributed by atoms with Crippen LogP contribution >= 0.6 is 0 Å². The zero-order valence-electron chi connectivity index (χ0n) is 9.50. The van der Waals surface area contributed by atoms with Gasteiger partial charge in [-0.1, -0.05) is 30.3 Å². The Hall–Kier alpha value is -2.62. The van der Waals surface area contributed by atoms with E-state index in [-0.39, 0.29) is 0 Å². The van der Waals surface area contributed by atoms with Crippen molar-refractivity contribution in [2.24, 2.45) is 5.73 Å². The van der Waals surface area contributed by atoms with E-state index >= 15 is 0 Å². The van der Waals surface area contributed by atoms with Gasteiger partial charge in [0.15, 0.2) is 0 Å². The molecule has 0 atom stereocenters. The molecule has 0 spiro atoms. The molecular weight excluding hydrogens is 226 g/mol. The second kappa shape index (κ2) is 4.00. The molecule has 2 heterocycles. The molecule has 0 saturated heterocycles. The van der Waals surface area contributed by atoms with Crippen LogP contribution in [0, 0.1) is 6.07 Å². The van der Waals surface area contributed by atoms with Crippen molar-refractivity contribution in [2.45, 2.75) is 0 Å². The number of hydrogen-bond acceptors (Lipinski definition) is 2. The normalized spacial score (nSPS) is 10.7. The van der Waals surface area contributed by atoms with Crippen LogP contribution in [0.15, 0.2) is 48.8 Å². The third kappa shape index (κ3) is 1.64. The average Bonchev–Trinajstić information content (AvgIpc) is 2.82. The molecule has 4 heteroatoms. The van der Waals surface area contributed by atoms with Crippen molar-refractivity contribution in [2.75, 3.05) is 0 Å². The molecule has 0 aliphatic rings. The number of hydrogen-bond donors (Lipinski definition) is 1. The molecule has 18 heavy (non-hydrogen) atoms. The second-order valence-corrected chi connectivity index (χ2v) is 3.94. The van der Waals surface area contributed by atoms with Crippen LogP contribution in [0.5, 0.6) is 0 Å². The number of pyridine rings is 1. The fourth-order valence-corrected chi connectivity index (χ4v) is 1.91. The van der Waals surface area contributed by atoms with Gasteiger partial charge in [0, 0.05) is 29.4 Å². The lowest BCUT2D eigenvalue weighted by atomic mass is 10.1. The number of fused-ring (bicyclic) bond motifs is 1. The van der Waals surface area contributed by atoms with Crippen LogP contribution in [0.1, 0.15) is 0 Å². The Morgan fingerprint density at radius 2 is 2.00 bits per heavy atom. The molecule has 3 aromatic rings. The van der Waals surface area contributed by atoms with Gasteiger partial charge in [0.25, 0.3) is 0 Å². The molecular formula is C14H10N3O. The van der Waals surface area contributed by atoms with E-state index in [1.165, 1.54) is 10.8 Å². The van der Waals surface area contributed by atoms with Crippen molar-refractivity contribution < 1.29 is 4.79 Å². The standard InChI is InChI=1S/C14H10N3O/c15-14(18)17-7-6-11-8-12(9-16-13(11)17)10-4-2-1-3-5-10/h1-5,7-9H,(H2,15,18). The van der Waals surface area contributed by atoms with Crippen LogP contribution in [-0.2, 0) is 0 Å². The number of primary amides is 1. The highest BCUT2D eigenvalue weighted by Crippen LogP contribution is 2.22. The largest absolute Gasteiger partial charge is 0.351 e. The van der Waals surface area contributed by atoms with Crippen LogP contribution in [0.25, 0.3) is 22.2 Å². The van der Waals surface area contributed by atoms with Gasteiger partial charge in [-0.3, -0.25) is 4.57 Å². The number of amides is 1. The summed E-state index contributed by atoms with van der Waals surface area (Å²) in [6, 6.07) is 14.3. The number of aromatic nitrogens is 2. The lowest BCUT2D eigenvalue weighted by Gasteiger charge is -2.02. The zero-order valence-corrected chi connectivity index (χ0v) is 9.50. The molecule has 1 aromatic carbocycles. The maximum atomic E-state index is 11.2. The summed E-state index contributed by atoms with van der Waals surface area (Å²) >= 11 is 0. The molecule has 0 bridgehead atoms. The van der Waals surface area contributed by atoms with E-state index in [2.05, 4.69) is 11.1 Å². The van der Waals surface area contributed by atoms with Crippen molar-refractivity contribution in [1.82, 2.24) is 9.55 Å². The van der Waals surface area contributed by atoms with Gasteiger partial charge in [-0.2, -0.15) is 0 Å². The lowest BCUT2D eigenvalue weighted by Crippen LogP contribution is -2.18. The SMILES string of the molecule is NC(=O)n1c[c]c2cc(-c3ccccc3)cnc21. The number of benzene rings is 1. The summed E-state index contributed by atoms with van der Waals surface area (Å²) in [5.74, 6) is 0. The van der Waals surface area contributed by atoms with Crippen LogP contribution in [-0.4, -0.2) is 15.6 Å². The molecule has 0 fully saturated rings. The predicted molar refractivity (Wildman–Crippen MR) is 69.0 cm³/mol. The molecule has 87 valence electrons. The van der Waals surface area contributed by atoms with Crippen LogP contribution < -0.4 is 5.73 Å². The van der Waals surface area contributed by atoms with Crippen molar-refractivity contribution in [3.8, 4) is 11.1 Å². The summed E-state index contributed by atoms with van der Waals surface area (Å²) in [4.78, 5) is 15.4. The van der Waals surface area contributed by atoms with E-state index in [9.17, 15) is 4.79 Å². The van der Waals surface area contributed by atoms with Gasteiger partial charge in [0.2, 0.25) is 0 Å². The molecule has 4 nitrogen and oxygen atoms in total. The fourth-order valence-electron chi connectivity index (χ4n) is 1.91. The first kappa shape index (κ1) is 10.5. The van der Waals surface area contributed by atoms with Gasteiger partial charge in [0.05, 0.1) is 0 Å². The Bertz CT molecular complexity index is 716. The summed E-state index contributed by atoms with van der Waals surface area (Å²) < 4.78 is 1.28. The van der Waals surface area contributed by atoms with Crippen molar-refractivity contribution in [3.05, 3.63) is 54.9 Å². The van der Waals surface area contributed by atoms with Gasteiger partial charge in [-0.25, -0.2) is 9.78 Å². The minimum Gasteiger partial charge on any atom is -0.351 e. The number of carbonyl (C=O) groups excluding carboxylic acids is 1. The Labute approximate surface area is 104 Å². The lowest BCUT2D eigenvalue weighted by molar-refractivity contribution is 0.251. The topological polar surface area (TPSA) is 60.9 Å². The second-order valence-electron chi connectivity index (χ2n) is 3.94. The van der Waals surface area contributed by atoms with Gasteiger partial charge in [-0.15, -0.1) is 0 Å². The van der Waals surface area contributed by atoms with E-state index < -0.39 is 6.03 Å². The Morgan fingerprint density at radius 1 is 1.22 bits per heavy atom. The van der Waals surface area contributed by atoms with Gasteiger partial charge in [-0.05, 0) is 11.6 Å². The van der Waals surface area contributed by atoms with E-state index in [1.807, 2.05) is 36.4 Å². The van der Waals surface area contributed by atoms with Crippen molar-refractivity contribution in [1.29, 1.82) is 0 Å². The maximum Gasteiger partial charge on any atom is 0.324 e. The first-order chi connectivity index (χ1) is 8.75. The highest BCUT2D eigenvalue weighted by Gasteiger charge is 2.08. The van der Waals surface area contributed by atoms with E-state index in [4.69, 9.17) is 5.73 Å². The van der Waals surface area contributed by atoms with E-state index in [1.54, 1.807) is 6.20 Å². The summed E-state index contributed by atoms with van der Waals surface area (Å²) in [6.45, 7) is 0. The highest BCUT2D eigenvalue weighted by molar-refractivity contribution is 5.90. The third-order valence-corrected chi connectivity index (χ3v) is 2.79. The average molecular weight is 236 g/mol. The zero-order chi connectivity index (χ0) is 12.5. The number of rotatable bonds is 1. The minimum absolute atomic E-state index is 0.530. The molecule has 2 N–H and O–H groups in total. The first-order valence-electron chi connectivity index (χ1n) is 5.50. The first-order valence-corrected chi connectivity index (χ1v) is 5.50. The van der Waals surface area contributed by atoms with E-state index in [0.29, 0.717) is 5.65 Å². The fraction of sp³-hybridized carbons (Fsp3) is 0. The summed E-state index contributed by atoms with van der Waals surface area (Å²) in [6.07, 6.45) is 3.24. The minimum atomic E-state index is -0.554.